The maximum absolute atomic E-state index is 2.42. The van der Waals surface area contributed by atoms with Gasteiger partial charge in [0.05, 0.1) is 0 Å². The Kier molecular flexibility index (Phi) is 5.44. The van der Waals surface area contributed by atoms with Crippen LogP contribution in [0.5, 0.6) is 0 Å². The minimum atomic E-state index is -0.00426. The van der Waals surface area contributed by atoms with Gasteiger partial charge >= 0.3 is 0 Å². The lowest BCUT2D eigenvalue weighted by molar-refractivity contribution is 0.660. The topological polar surface area (TPSA) is 0 Å². The Morgan fingerprint density at radius 3 is 1.72 bits per heavy atom. The molecule has 0 atom stereocenters. The van der Waals surface area contributed by atoms with E-state index in [-0.39, 0.29) is 5.41 Å². The summed E-state index contributed by atoms with van der Waals surface area (Å²) < 4.78 is 0. The molecule has 0 unspecified atom stereocenters. The highest BCUT2D eigenvalue weighted by Gasteiger charge is 2.35. The van der Waals surface area contributed by atoms with Gasteiger partial charge in [-0.15, -0.1) is 0 Å². The molecule has 1 aliphatic rings. The van der Waals surface area contributed by atoms with Crippen molar-refractivity contribution < 1.29 is 0 Å². The largest absolute Gasteiger partial charge is 0.0619 e. The van der Waals surface area contributed by atoms with Crippen molar-refractivity contribution in [1.82, 2.24) is 0 Å². The quantitative estimate of drug-likeness (QED) is 0.174. The molecule has 0 saturated carbocycles. The molecule has 0 saturated heterocycles. The van der Waals surface area contributed by atoms with Crippen molar-refractivity contribution in [3.8, 4) is 33.4 Å². The highest BCUT2D eigenvalue weighted by Crippen LogP contribution is 2.49. The van der Waals surface area contributed by atoms with Crippen LogP contribution in [0.3, 0.4) is 0 Å². The molecule has 0 fully saturated rings. The molecule has 47 heavy (non-hydrogen) atoms. The molecule has 0 aromatic heterocycles. The number of hydrogen-bond acceptors (Lipinski definition) is 0. The molecular weight excluding hydrogens is 565 g/mol. The van der Waals surface area contributed by atoms with Crippen LogP contribution in [0.15, 0.2) is 158 Å². The summed E-state index contributed by atoms with van der Waals surface area (Å²) in [5.41, 5.74) is 10.6. The van der Waals surface area contributed by atoms with Gasteiger partial charge in [-0.05, 0) is 123 Å². The first-order chi connectivity index (χ1) is 23.0. The van der Waals surface area contributed by atoms with Crippen LogP contribution < -0.4 is 0 Å². The van der Waals surface area contributed by atoms with Crippen LogP contribution in [-0.2, 0) is 5.41 Å². The third kappa shape index (κ3) is 3.82. The first-order valence-electron chi connectivity index (χ1n) is 16.6. The van der Waals surface area contributed by atoms with E-state index in [1.54, 1.807) is 0 Å². The fourth-order valence-corrected chi connectivity index (χ4v) is 8.41. The molecule has 220 valence electrons. The van der Waals surface area contributed by atoms with Crippen LogP contribution in [-0.4, -0.2) is 0 Å². The van der Waals surface area contributed by atoms with Crippen LogP contribution in [0.2, 0.25) is 0 Å². The Bertz CT molecular complexity index is 2760. The number of hydrogen-bond donors (Lipinski definition) is 0. The van der Waals surface area contributed by atoms with Gasteiger partial charge in [-0.1, -0.05) is 147 Å². The molecule has 9 aromatic rings. The molecule has 0 radical (unpaired) electrons. The zero-order chi connectivity index (χ0) is 31.3. The standard InChI is InChI=1S/C47H32/c1-47(2)43-14-8-7-12-39(43)40-24-23-34(28-44(40)47)32-18-19-33-26-35(21-20-31(33)25-32)42-27-36-22-17-30-16-15-29-9-3-4-10-37(29)45(30)46(36)41-13-6-5-11-38(41)42/h3-28H,1-2H3. The second-order valence-corrected chi connectivity index (χ2v) is 13.7. The van der Waals surface area contributed by atoms with Gasteiger partial charge in [-0.2, -0.15) is 0 Å². The van der Waals surface area contributed by atoms with Gasteiger partial charge in [0.2, 0.25) is 0 Å². The molecule has 0 amide bonds. The molecule has 0 aliphatic heterocycles. The molecule has 0 N–H and O–H groups in total. The predicted octanol–water partition coefficient (Wildman–Crippen LogP) is 13.1. The van der Waals surface area contributed by atoms with Crippen LogP contribution in [0, 0.1) is 0 Å². The Balaban J connectivity index is 1.11. The molecule has 1 aliphatic carbocycles. The molecule has 9 aromatic carbocycles. The van der Waals surface area contributed by atoms with Crippen molar-refractivity contribution in [1.29, 1.82) is 0 Å². The molecule has 10 rings (SSSR count). The Hall–Kier alpha value is -5.72. The van der Waals surface area contributed by atoms with E-state index in [9.17, 15) is 0 Å². The summed E-state index contributed by atoms with van der Waals surface area (Å²) in [5.74, 6) is 0. The van der Waals surface area contributed by atoms with Gasteiger partial charge in [0.15, 0.2) is 0 Å². The van der Waals surface area contributed by atoms with Crippen molar-refractivity contribution in [3.63, 3.8) is 0 Å². The third-order valence-electron chi connectivity index (χ3n) is 10.8. The van der Waals surface area contributed by atoms with E-state index in [2.05, 4.69) is 172 Å². The van der Waals surface area contributed by atoms with E-state index < -0.39 is 0 Å². The van der Waals surface area contributed by atoms with Gasteiger partial charge in [0.1, 0.15) is 0 Å². The monoisotopic (exact) mass is 596 g/mol. The fourth-order valence-electron chi connectivity index (χ4n) is 8.41. The minimum Gasteiger partial charge on any atom is -0.0619 e. The van der Waals surface area contributed by atoms with Crippen molar-refractivity contribution in [2.45, 2.75) is 19.3 Å². The highest BCUT2D eigenvalue weighted by molar-refractivity contribution is 6.29. The highest BCUT2D eigenvalue weighted by atomic mass is 14.4. The van der Waals surface area contributed by atoms with Gasteiger partial charge in [-0.25, -0.2) is 0 Å². The predicted molar refractivity (Wildman–Crippen MR) is 202 cm³/mol. The van der Waals surface area contributed by atoms with E-state index in [4.69, 9.17) is 0 Å². The molecular formula is C47H32. The summed E-state index contributed by atoms with van der Waals surface area (Å²) in [4.78, 5) is 0. The van der Waals surface area contributed by atoms with Crippen molar-refractivity contribution in [2.75, 3.05) is 0 Å². The molecule has 0 spiro atoms. The maximum Gasteiger partial charge on any atom is 0.0159 e. The van der Waals surface area contributed by atoms with Crippen molar-refractivity contribution in [3.05, 3.63) is 169 Å². The number of rotatable bonds is 2. The normalized spacial score (nSPS) is 13.5. The summed E-state index contributed by atoms with van der Waals surface area (Å²) in [6, 6.07) is 59.0. The third-order valence-corrected chi connectivity index (χ3v) is 10.8. The zero-order valence-corrected chi connectivity index (χ0v) is 26.5. The van der Waals surface area contributed by atoms with E-state index in [0.29, 0.717) is 0 Å². The average Bonchev–Trinajstić information content (AvgIpc) is 3.36. The van der Waals surface area contributed by atoms with Crippen LogP contribution in [0.1, 0.15) is 25.0 Å². The number of fused-ring (bicyclic) bond motifs is 11. The van der Waals surface area contributed by atoms with Gasteiger partial charge in [-0.3, -0.25) is 0 Å². The van der Waals surface area contributed by atoms with Gasteiger partial charge < -0.3 is 0 Å². The summed E-state index contributed by atoms with van der Waals surface area (Å²) in [7, 11) is 0. The van der Waals surface area contributed by atoms with Gasteiger partial charge in [0, 0.05) is 5.41 Å². The van der Waals surface area contributed by atoms with E-state index in [1.807, 2.05) is 0 Å². The summed E-state index contributed by atoms with van der Waals surface area (Å²) >= 11 is 0. The van der Waals surface area contributed by atoms with E-state index in [1.165, 1.54) is 98.4 Å². The minimum absolute atomic E-state index is 0.00426. The van der Waals surface area contributed by atoms with E-state index >= 15 is 0 Å². The average molecular weight is 597 g/mol. The Morgan fingerprint density at radius 2 is 0.872 bits per heavy atom. The van der Waals surface area contributed by atoms with Crippen molar-refractivity contribution >= 4 is 53.9 Å². The molecule has 0 heterocycles. The fraction of sp³-hybridized carbons (Fsp3) is 0.0638. The van der Waals surface area contributed by atoms with Crippen LogP contribution in [0.25, 0.3) is 87.2 Å². The lowest BCUT2D eigenvalue weighted by Gasteiger charge is -2.22. The summed E-state index contributed by atoms with van der Waals surface area (Å²) in [6.45, 7) is 4.70. The van der Waals surface area contributed by atoms with E-state index in [0.717, 1.165) is 0 Å². The zero-order valence-electron chi connectivity index (χ0n) is 26.5. The van der Waals surface area contributed by atoms with Crippen LogP contribution >= 0.6 is 0 Å². The van der Waals surface area contributed by atoms with Crippen molar-refractivity contribution in [2.24, 2.45) is 0 Å². The maximum atomic E-state index is 2.42. The first-order valence-corrected chi connectivity index (χ1v) is 16.6. The number of benzene rings is 9. The molecule has 0 nitrogen and oxygen atoms in total. The van der Waals surface area contributed by atoms with Crippen LogP contribution in [0.4, 0.5) is 0 Å². The Labute approximate surface area is 274 Å². The summed E-state index contributed by atoms with van der Waals surface area (Å²) in [6.07, 6.45) is 0. The Morgan fingerprint density at radius 1 is 0.319 bits per heavy atom. The lowest BCUT2D eigenvalue weighted by atomic mass is 9.81. The smallest absolute Gasteiger partial charge is 0.0159 e. The van der Waals surface area contributed by atoms with Gasteiger partial charge in [0.25, 0.3) is 0 Å². The summed E-state index contributed by atoms with van der Waals surface area (Å²) in [5, 5.41) is 12.9. The molecule has 0 bridgehead atoms. The SMILES string of the molecule is CC1(C)c2ccccc2-c2ccc(-c3ccc4cc(-c5cc6ccc7ccc8ccccc8c7c6c6ccccc56)ccc4c3)cc21. The lowest BCUT2D eigenvalue weighted by Crippen LogP contribution is -2.14. The first kappa shape index (κ1) is 26.5. The second-order valence-electron chi connectivity index (χ2n) is 13.7. The second kappa shape index (κ2) is 9.64. The molecule has 0 heteroatoms.